The van der Waals surface area contributed by atoms with E-state index in [9.17, 15) is 8.42 Å². The highest BCUT2D eigenvalue weighted by Gasteiger charge is 2.32. The van der Waals surface area contributed by atoms with Crippen LogP contribution < -0.4 is 4.72 Å². The largest absolute Gasteiger partial charge is 0.264 e. The van der Waals surface area contributed by atoms with E-state index in [1.807, 2.05) is 6.92 Å². The topological polar surface area (TPSA) is 84.8 Å². The van der Waals surface area contributed by atoms with Gasteiger partial charge in [-0.15, -0.1) is 0 Å². The summed E-state index contributed by atoms with van der Waals surface area (Å²) in [6.45, 7) is 1.86. The summed E-state index contributed by atoms with van der Waals surface area (Å²) in [7, 11) is -3.67. The van der Waals surface area contributed by atoms with Crippen molar-refractivity contribution in [2.75, 3.05) is 4.72 Å². The molecule has 2 aromatic heterocycles. The molecule has 6 nitrogen and oxygen atoms in total. The van der Waals surface area contributed by atoms with Gasteiger partial charge in [-0.05, 0) is 38.0 Å². The number of pyridine rings is 1. The smallest absolute Gasteiger partial charge is 0.263 e. The normalized spacial score (nSPS) is 15.1. The van der Waals surface area contributed by atoms with Crippen molar-refractivity contribution in [1.82, 2.24) is 15.0 Å². The van der Waals surface area contributed by atoms with Crippen molar-refractivity contribution in [2.45, 2.75) is 30.6 Å². The summed E-state index contributed by atoms with van der Waals surface area (Å²) in [6, 6.07) is 4.83. The van der Waals surface area contributed by atoms with Gasteiger partial charge in [0.1, 0.15) is 17.0 Å². The van der Waals surface area contributed by atoms with Crippen molar-refractivity contribution in [3.63, 3.8) is 0 Å². The van der Waals surface area contributed by atoms with Crippen molar-refractivity contribution < 1.29 is 9.84 Å². The number of nitrogens with one attached hydrogen (secondary N) is 1. The molecular weight excluding hydrogens is 276 g/mol. The van der Waals surface area contributed by atoms with Gasteiger partial charge in [-0.2, -0.15) is 0 Å². The Labute approximate surface area is 118 Å². The predicted molar refractivity (Wildman–Crippen MR) is 75.9 cm³/mol. The molecule has 3 rings (SSSR count). The van der Waals surface area contributed by atoms with Gasteiger partial charge >= 0.3 is 0 Å². The van der Waals surface area contributed by atoms with E-state index < -0.39 is 10.0 Å². The fourth-order valence-corrected chi connectivity index (χ4v) is 3.23. The Hall–Kier alpha value is -2.02. The van der Waals surface area contributed by atoms with E-state index in [1.165, 1.54) is 18.6 Å². The lowest BCUT2D eigenvalue weighted by Gasteiger charge is -2.11. The summed E-state index contributed by atoms with van der Waals surface area (Å²) < 4.78 is 27.4. The van der Waals surface area contributed by atoms with Gasteiger partial charge in [0, 0.05) is 19.2 Å². The zero-order chi connectivity index (χ0) is 14.2. The van der Waals surface area contributed by atoms with Crippen LogP contribution in [0.1, 0.15) is 31.6 Å². The van der Waals surface area contributed by atoms with Crippen molar-refractivity contribution in [1.29, 1.82) is 0 Å². The molecule has 0 atom stereocenters. The highest BCUT2D eigenvalue weighted by atomic mass is 32.2. The van der Waals surface area contributed by atoms with Gasteiger partial charge in [0.15, 0.2) is 0 Å². The molecule has 1 aliphatic carbocycles. The van der Waals surface area contributed by atoms with Crippen LogP contribution in [-0.2, 0) is 10.0 Å². The predicted octanol–water partition coefficient (Wildman–Crippen LogP) is 2.10. The highest BCUT2D eigenvalue weighted by Crippen LogP contribution is 2.42. The number of hydrogen-bond acceptors (Lipinski definition) is 5. The molecule has 7 heteroatoms. The molecule has 0 unspecified atom stereocenters. The molecule has 0 amide bonds. The summed E-state index contributed by atoms with van der Waals surface area (Å²) in [5.41, 5.74) is 1.49. The van der Waals surface area contributed by atoms with E-state index in [0.717, 1.165) is 18.5 Å². The van der Waals surface area contributed by atoms with Crippen LogP contribution in [0.3, 0.4) is 0 Å². The minimum absolute atomic E-state index is 0. The third-order valence-electron chi connectivity index (χ3n) is 3.10. The second-order valence-electron chi connectivity index (χ2n) is 4.81. The third-order valence-corrected chi connectivity index (χ3v) is 4.50. The second kappa shape index (κ2) is 4.82. The van der Waals surface area contributed by atoms with Gasteiger partial charge in [0.2, 0.25) is 0 Å². The molecule has 1 N–H and O–H groups in total. The number of nitrogens with zero attached hydrogens (tertiary/aromatic N) is 3. The first kappa shape index (κ1) is 13.0. The molecule has 1 aliphatic rings. The fourth-order valence-electron chi connectivity index (χ4n) is 1.98. The van der Waals surface area contributed by atoms with Gasteiger partial charge in [-0.1, -0.05) is 0 Å². The van der Waals surface area contributed by atoms with E-state index >= 15 is 0 Å². The van der Waals surface area contributed by atoms with Gasteiger partial charge in [0.25, 0.3) is 10.0 Å². The van der Waals surface area contributed by atoms with Gasteiger partial charge in [-0.3, -0.25) is 9.71 Å². The number of sulfonamides is 1. The molecule has 1 fully saturated rings. The minimum atomic E-state index is -3.67. The zero-order valence-electron chi connectivity index (χ0n) is 10.9. The molecule has 1 saturated carbocycles. The van der Waals surface area contributed by atoms with E-state index in [2.05, 4.69) is 19.7 Å². The van der Waals surface area contributed by atoms with E-state index in [0.29, 0.717) is 5.69 Å². The van der Waals surface area contributed by atoms with Crippen LogP contribution in [0.5, 0.6) is 0 Å². The lowest BCUT2D eigenvalue weighted by molar-refractivity contribution is 0.599. The Balaban J connectivity index is 0.00000161. The fraction of sp³-hybridized carbons (Fsp3) is 0.308. The molecule has 0 spiro atoms. The average molecular weight is 292 g/mol. The Bertz CT molecular complexity index is 733. The van der Waals surface area contributed by atoms with Crippen molar-refractivity contribution in [2.24, 2.45) is 0 Å². The highest BCUT2D eigenvalue weighted by molar-refractivity contribution is 7.92. The lowest BCUT2D eigenvalue weighted by Crippen LogP contribution is -2.16. The number of rotatable bonds is 4. The van der Waals surface area contributed by atoms with Gasteiger partial charge in [-0.25, -0.2) is 18.4 Å². The Morgan fingerprint density at radius 2 is 2.10 bits per heavy atom. The number of hydrogen-bond donors (Lipinski definition) is 1. The van der Waals surface area contributed by atoms with Crippen molar-refractivity contribution in [3.05, 3.63) is 42.1 Å². The monoisotopic (exact) mass is 292 g/mol. The molecule has 0 bridgehead atoms. The molecule has 0 aliphatic heterocycles. The standard InChI is InChI=1S/C13H14N4O2S.H2/c1-9-2-5-11(13(16-9)10-3-4-10)20(18,19)17-12-6-7-14-8-15-12;/h2,5-8,10H,3-4H2,1H3,(H,14,15,17);1H. The van der Waals surface area contributed by atoms with Crippen LogP contribution in [0.4, 0.5) is 5.82 Å². The molecule has 2 heterocycles. The summed E-state index contributed by atoms with van der Waals surface area (Å²) in [5.74, 6) is 0.509. The first-order valence-electron chi connectivity index (χ1n) is 6.32. The molecule has 0 saturated heterocycles. The summed E-state index contributed by atoms with van der Waals surface area (Å²) in [6.07, 6.45) is 4.77. The zero-order valence-corrected chi connectivity index (χ0v) is 11.8. The van der Waals surface area contributed by atoms with Crippen LogP contribution in [0.25, 0.3) is 0 Å². The van der Waals surface area contributed by atoms with Crippen LogP contribution in [-0.4, -0.2) is 23.4 Å². The maximum atomic E-state index is 12.5. The summed E-state index contributed by atoms with van der Waals surface area (Å²) in [5, 5.41) is 0. The molecule has 2 aromatic rings. The molecule has 20 heavy (non-hydrogen) atoms. The first-order chi connectivity index (χ1) is 9.56. The summed E-state index contributed by atoms with van der Waals surface area (Å²) in [4.78, 5) is 12.3. The van der Waals surface area contributed by atoms with Crippen LogP contribution in [0.15, 0.2) is 35.6 Å². The lowest BCUT2D eigenvalue weighted by atomic mass is 10.2. The van der Waals surface area contributed by atoms with Crippen LogP contribution in [0, 0.1) is 6.92 Å². The maximum Gasteiger partial charge on any atom is 0.264 e. The maximum absolute atomic E-state index is 12.5. The van der Waals surface area contributed by atoms with Crippen molar-refractivity contribution >= 4 is 15.8 Å². The Morgan fingerprint density at radius 3 is 2.75 bits per heavy atom. The summed E-state index contributed by atoms with van der Waals surface area (Å²) >= 11 is 0. The minimum Gasteiger partial charge on any atom is -0.263 e. The third kappa shape index (κ3) is 2.62. The quantitative estimate of drug-likeness (QED) is 0.932. The van der Waals surface area contributed by atoms with Gasteiger partial charge in [0.05, 0.1) is 5.69 Å². The molecule has 106 valence electrons. The SMILES string of the molecule is Cc1ccc(S(=O)(=O)Nc2ccncn2)c(C2CC2)n1.[HH]. The van der Waals surface area contributed by atoms with E-state index in [1.54, 1.807) is 12.1 Å². The second-order valence-corrected chi connectivity index (χ2v) is 6.46. The number of aromatic nitrogens is 3. The average Bonchev–Trinajstić information content (AvgIpc) is 3.23. The van der Waals surface area contributed by atoms with Crippen LogP contribution in [0.2, 0.25) is 0 Å². The van der Waals surface area contributed by atoms with Crippen molar-refractivity contribution in [3.8, 4) is 0 Å². The Kier molecular flexibility index (Phi) is 3.13. The molecule has 0 aromatic carbocycles. The van der Waals surface area contributed by atoms with Crippen LogP contribution >= 0.6 is 0 Å². The number of anilines is 1. The van der Waals surface area contributed by atoms with E-state index in [4.69, 9.17) is 0 Å². The first-order valence-corrected chi connectivity index (χ1v) is 7.81. The Morgan fingerprint density at radius 1 is 1.30 bits per heavy atom. The molecular formula is C13H16N4O2S. The van der Waals surface area contributed by atoms with Gasteiger partial charge < -0.3 is 0 Å². The molecule has 0 radical (unpaired) electrons. The number of aryl methyl sites for hydroxylation is 1. The van der Waals surface area contributed by atoms with E-state index in [-0.39, 0.29) is 18.1 Å².